The molecule has 1 rings (SSSR count). The second kappa shape index (κ2) is 4.88. The second-order valence-electron chi connectivity index (χ2n) is 4.69. The molecule has 88 valence electrons. The van der Waals surface area contributed by atoms with Gasteiger partial charge >= 0.3 is 6.09 Å². The summed E-state index contributed by atoms with van der Waals surface area (Å²) < 4.78 is 5.05. The summed E-state index contributed by atoms with van der Waals surface area (Å²) in [5, 5.41) is 2.71. The lowest BCUT2D eigenvalue weighted by Gasteiger charge is -2.19. The molecule has 0 heterocycles. The standard InChI is InChI=1S/C12H18N2O2/c1-12(2,3)14-11(15)16-8-9-4-6-10(13)7-5-9/h4-7H,8,13H2,1-3H3,(H,14,15). The lowest BCUT2D eigenvalue weighted by atomic mass is 10.1. The second-order valence-corrected chi connectivity index (χ2v) is 4.69. The molecular formula is C12H18N2O2. The van der Waals surface area contributed by atoms with E-state index in [1.807, 2.05) is 32.9 Å². The van der Waals surface area contributed by atoms with Crippen LogP contribution in [0, 0.1) is 0 Å². The van der Waals surface area contributed by atoms with Gasteiger partial charge in [0.15, 0.2) is 0 Å². The van der Waals surface area contributed by atoms with Crippen molar-refractivity contribution in [2.45, 2.75) is 32.9 Å². The van der Waals surface area contributed by atoms with Gasteiger partial charge in [-0.05, 0) is 38.5 Å². The maximum absolute atomic E-state index is 11.3. The molecule has 4 heteroatoms. The average Bonchev–Trinajstić information content (AvgIpc) is 2.14. The van der Waals surface area contributed by atoms with Crippen LogP contribution in [-0.4, -0.2) is 11.6 Å². The Balaban J connectivity index is 2.40. The number of carbonyl (C=O) groups is 1. The van der Waals surface area contributed by atoms with Crippen molar-refractivity contribution in [3.63, 3.8) is 0 Å². The molecule has 0 unspecified atom stereocenters. The SMILES string of the molecule is CC(C)(C)NC(=O)OCc1ccc(N)cc1. The van der Waals surface area contributed by atoms with Crippen molar-refractivity contribution in [2.24, 2.45) is 0 Å². The maximum atomic E-state index is 11.3. The largest absolute Gasteiger partial charge is 0.445 e. The van der Waals surface area contributed by atoms with Gasteiger partial charge in [-0.2, -0.15) is 0 Å². The third kappa shape index (κ3) is 4.68. The van der Waals surface area contributed by atoms with Gasteiger partial charge in [0, 0.05) is 11.2 Å². The highest BCUT2D eigenvalue weighted by Gasteiger charge is 2.14. The number of hydrogen-bond donors (Lipinski definition) is 2. The van der Waals surface area contributed by atoms with Crippen LogP contribution >= 0.6 is 0 Å². The average molecular weight is 222 g/mol. The fourth-order valence-electron chi connectivity index (χ4n) is 1.11. The van der Waals surface area contributed by atoms with Crippen LogP contribution in [0.4, 0.5) is 10.5 Å². The number of rotatable bonds is 2. The topological polar surface area (TPSA) is 64.3 Å². The van der Waals surface area contributed by atoms with E-state index in [1.165, 1.54) is 0 Å². The Morgan fingerprint density at radius 2 is 1.88 bits per heavy atom. The zero-order chi connectivity index (χ0) is 12.2. The van der Waals surface area contributed by atoms with Crippen LogP contribution in [0.3, 0.4) is 0 Å². The predicted octanol–water partition coefficient (Wildman–Crippen LogP) is 2.29. The maximum Gasteiger partial charge on any atom is 0.407 e. The molecule has 0 saturated carbocycles. The van der Waals surface area contributed by atoms with Gasteiger partial charge in [0.25, 0.3) is 0 Å². The van der Waals surface area contributed by atoms with Gasteiger partial charge in [0.05, 0.1) is 0 Å². The fourth-order valence-corrected chi connectivity index (χ4v) is 1.11. The summed E-state index contributed by atoms with van der Waals surface area (Å²) >= 11 is 0. The van der Waals surface area contributed by atoms with Crippen LogP contribution in [0.25, 0.3) is 0 Å². The van der Waals surface area contributed by atoms with Crippen LogP contribution in [-0.2, 0) is 11.3 Å². The molecule has 0 atom stereocenters. The molecule has 0 saturated heterocycles. The van der Waals surface area contributed by atoms with Crippen molar-refractivity contribution in [3.05, 3.63) is 29.8 Å². The first-order valence-corrected chi connectivity index (χ1v) is 5.16. The number of nitrogens with two attached hydrogens (primary N) is 1. The molecule has 4 nitrogen and oxygen atoms in total. The third-order valence-electron chi connectivity index (χ3n) is 1.83. The zero-order valence-electron chi connectivity index (χ0n) is 9.91. The number of nitrogen functional groups attached to an aromatic ring is 1. The fraction of sp³-hybridized carbons (Fsp3) is 0.417. The van der Waals surface area contributed by atoms with Crippen molar-refractivity contribution >= 4 is 11.8 Å². The smallest absolute Gasteiger partial charge is 0.407 e. The van der Waals surface area contributed by atoms with Crippen molar-refractivity contribution < 1.29 is 9.53 Å². The van der Waals surface area contributed by atoms with Gasteiger partial charge in [0.1, 0.15) is 6.61 Å². The minimum atomic E-state index is -0.413. The molecule has 1 amide bonds. The van der Waals surface area contributed by atoms with E-state index in [0.29, 0.717) is 5.69 Å². The van der Waals surface area contributed by atoms with Gasteiger partial charge in [-0.25, -0.2) is 4.79 Å². The summed E-state index contributed by atoms with van der Waals surface area (Å²) in [6.45, 7) is 5.95. The van der Waals surface area contributed by atoms with Gasteiger partial charge in [-0.3, -0.25) is 0 Å². The number of carbonyl (C=O) groups excluding carboxylic acids is 1. The first-order chi connectivity index (χ1) is 7.37. The Morgan fingerprint density at radius 3 is 2.38 bits per heavy atom. The minimum absolute atomic E-state index is 0.252. The van der Waals surface area contributed by atoms with Crippen molar-refractivity contribution in [3.8, 4) is 0 Å². The molecule has 3 N–H and O–H groups in total. The number of benzene rings is 1. The number of alkyl carbamates (subject to hydrolysis) is 1. The van der Waals surface area contributed by atoms with E-state index in [0.717, 1.165) is 5.56 Å². The van der Waals surface area contributed by atoms with E-state index < -0.39 is 6.09 Å². The predicted molar refractivity (Wildman–Crippen MR) is 63.9 cm³/mol. The van der Waals surface area contributed by atoms with E-state index >= 15 is 0 Å². The van der Waals surface area contributed by atoms with Crippen LogP contribution < -0.4 is 11.1 Å². The van der Waals surface area contributed by atoms with Crippen LogP contribution in [0.1, 0.15) is 26.3 Å². The Bertz CT molecular complexity index is 352. The molecular weight excluding hydrogens is 204 g/mol. The summed E-state index contributed by atoms with van der Waals surface area (Å²) in [4.78, 5) is 11.3. The van der Waals surface area contributed by atoms with Gasteiger partial charge in [-0.1, -0.05) is 12.1 Å². The molecule has 0 aliphatic carbocycles. The Morgan fingerprint density at radius 1 is 1.31 bits per heavy atom. The summed E-state index contributed by atoms with van der Waals surface area (Å²) in [5.41, 5.74) is 6.88. The van der Waals surface area contributed by atoms with Crippen LogP contribution in [0.15, 0.2) is 24.3 Å². The molecule has 0 radical (unpaired) electrons. The molecule has 1 aromatic carbocycles. The molecule has 0 bridgehead atoms. The van der Waals surface area contributed by atoms with E-state index in [2.05, 4.69) is 5.32 Å². The molecule has 0 spiro atoms. The van der Waals surface area contributed by atoms with Crippen molar-refractivity contribution in [1.82, 2.24) is 5.32 Å². The van der Waals surface area contributed by atoms with Gasteiger partial charge < -0.3 is 15.8 Å². The van der Waals surface area contributed by atoms with E-state index in [4.69, 9.17) is 10.5 Å². The quantitative estimate of drug-likeness (QED) is 0.754. The molecule has 0 fully saturated rings. The summed E-state index contributed by atoms with van der Waals surface area (Å²) in [6, 6.07) is 7.22. The number of nitrogens with one attached hydrogen (secondary N) is 1. The monoisotopic (exact) mass is 222 g/mol. The molecule has 16 heavy (non-hydrogen) atoms. The van der Waals surface area contributed by atoms with E-state index in [-0.39, 0.29) is 12.1 Å². The number of anilines is 1. The lowest BCUT2D eigenvalue weighted by molar-refractivity contribution is 0.131. The summed E-state index contributed by atoms with van der Waals surface area (Å²) in [6.07, 6.45) is -0.413. The number of ether oxygens (including phenoxy) is 1. The minimum Gasteiger partial charge on any atom is -0.445 e. The zero-order valence-corrected chi connectivity index (χ0v) is 9.91. The highest BCUT2D eigenvalue weighted by atomic mass is 16.5. The van der Waals surface area contributed by atoms with Gasteiger partial charge in [-0.15, -0.1) is 0 Å². The molecule has 0 aromatic heterocycles. The summed E-state index contributed by atoms with van der Waals surface area (Å²) in [7, 11) is 0. The molecule has 0 aliphatic rings. The van der Waals surface area contributed by atoms with E-state index in [9.17, 15) is 4.79 Å². The van der Waals surface area contributed by atoms with Crippen LogP contribution in [0.5, 0.6) is 0 Å². The summed E-state index contributed by atoms with van der Waals surface area (Å²) in [5.74, 6) is 0. The number of hydrogen-bond acceptors (Lipinski definition) is 3. The van der Waals surface area contributed by atoms with Gasteiger partial charge in [0.2, 0.25) is 0 Å². The van der Waals surface area contributed by atoms with Crippen LogP contribution in [0.2, 0.25) is 0 Å². The van der Waals surface area contributed by atoms with Crippen molar-refractivity contribution in [1.29, 1.82) is 0 Å². The highest BCUT2D eigenvalue weighted by Crippen LogP contribution is 2.07. The number of amides is 1. The Kier molecular flexibility index (Phi) is 3.77. The Labute approximate surface area is 95.8 Å². The molecule has 1 aromatic rings. The Hall–Kier alpha value is -1.71. The third-order valence-corrected chi connectivity index (χ3v) is 1.83. The molecule has 0 aliphatic heterocycles. The van der Waals surface area contributed by atoms with E-state index in [1.54, 1.807) is 12.1 Å². The first-order valence-electron chi connectivity index (χ1n) is 5.16. The first kappa shape index (κ1) is 12.4. The normalized spacial score (nSPS) is 10.9. The highest BCUT2D eigenvalue weighted by molar-refractivity contribution is 5.68. The van der Waals surface area contributed by atoms with Crippen molar-refractivity contribution in [2.75, 3.05) is 5.73 Å². The lowest BCUT2D eigenvalue weighted by Crippen LogP contribution is -2.40.